The zero-order valence-electron chi connectivity index (χ0n) is 9.12. The lowest BCUT2D eigenvalue weighted by Crippen LogP contribution is -2.12. The van der Waals surface area contributed by atoms with Crippen molar-refractivity contribution in [1.82, 2.24) is 9.78 Å². The number of alkyl halides is 3. The van der Waals surface area contributed by atoms with Crippen molar-refractivity contribution in [2.45, 2.75) is 32.0 Å². The largest absolute Gasteiger partial charge is 0.461 e. The predicted molar refractivity (Wildman–Crippen MR) is 51.5 cm³/mol. The van der Waals surface area contributed by atoms with E-state index in [0.717, 1.165) is 23.6 Å². The van der Waals surface area contributed by atoms with Crippen LogP contribution in [0, 0.1) is 0 Å². The minimum absolute atomic E-state index is 0.106. The van der Waals surface area contributed by atoms with Crippen LogP contribution in [0.1, 0.15) is 42.0 Å². The summed E-state index contributed by atoms with van der Waals surface area (Å²) < 4.78 is 43.3. The minimum atomic E-state index is -4.54. The molecule has 0 aliphatic heterocycles. The molecule has 0 saturated heterocycles. The van der Waals surface area contributed by atoms with Crippen LogP contribution in [0.5, 0.6) is 0 Å². The van der Waals surface area contributed by atoms with E-state index in [-0.39, 0.29) is 18.3 Å². The maximum Gasteiger partial charge on any atom is 0.435 e. The molecule has 4 nitrogen and oxygen atoms in total. The van der Waals surface area contributed by atoms with Gasteiger partial charge < -0.3 is 4.74 Å². The summed E-state index contributed by atoms with van der Waals surface area (Å²) >= 11 is 0. The van der Waals surface area contributed by atoms with Gasteiger partial charge in [-0.25, -0.2) is 4.79 Å². The Bertz CT molecular complexity index is 435. The first kappa shape index (κ1) is 11.9. The summed E-state index contributed by atoms with van der Waals surface area (Å²) in [5.74, 6) is -0.762. The molecule has 1 fully saturated rings. The van der Waals surface area contributed by atoms with E-state index >= 15 is 0 Å². The van der Waals surface area contributed by atoms with E-state index in [0.29, 0.717) is 0 Å². The standard InChI is InChI=1S/C10H11F3N2O2/c1-2-17-9(16)7-5-8(10(11,12)13)14-15(7)6-3-4-6/h5-6H,2-4H2,1H3. The van der Waals surface area contributed by atoms with Crippen molar-refractivity contribution in [3.05, 3.63) is 17.5 Å². The zero-order chi connectivity index (χ0) is 12.6. The molecule has 1 aromatic heterocycles. The van der Waals surface area contributed by atoms with Crippen LogP contribution in [-0.4, -0.2) is 22.4 Å². The normalized spacial score (nSPS) is 16.0. The molecule has 2 rings (SSSR count). The van der Waals surface area contributed by atoms with Crippen molar-refractivity contribution in [3.63, 3.8) is 0 Å². The van der Waals surface area contributed by atoms with E-state index in [1.807, 2.05) is 0 Å². The second-order valence-electron chi connectivity index (χ2n) is 3.81. The van der Waals surface area contributed by atoms with E-state index < -0.39 is 17.8 Å². The molecule has 0 unspecified atom stereocenters. The SMILES string of the molecule is CCOC(=O)c1cc(C(F)(F)F)nn1C1CC1. The lowest BCUT2D eigenvalue weighted by molar-refractivity contribution is -0.141. The number of aromatic nitrogens is 2. The van der Waals surface area contributed by atoms with Gasteiger partial charge in [0.1, 0.15) is 5.69 Å². The summed E-state index contributed by atoms with van der Waals surface area (Å²) in [5.41, 5.74) is -1.17. The number of hydrogen-bond donors (Lipinski definition) is 0. The zero-order valence-corrected chi connectivity index (χ0v) is 9.12. The number of ether oxygens (including phenoxy) is 1. The third-order valence-electron chi connectivity index (χ3n) is 2.40. The van der Waals surface area contributed by atoms with Crippen LogP contribution >= 0.6 is 0 Å². The fraction of sp³-hybridized carbons (Fsp3) is 0.600. The quantitative estimate of drug-likeness (QED) is 0.771. The van der Waals surface area contributed by atoms with E-state index in [9.17, 15) is 18.0 Å². The Balaban J connectivity index is 2.35. The smallest absolute Gasteiger partial charge is 0.435 e. The molecule has 1 aliphatic rings. The average Bonchev–Trinajstić information content (AvgIpc) is 2.95. The van der Waals surface area contributed by atoms with Crippen LogP contribution in [0.15, 0.2) is 6.07 Å². The molecule has 1 heterocycles. The fourth-order valence-corrected chi connectivity index (χ4v) is 1.49. The molecule has 17 heavy (non-hydrogen) atoms. The van der Waals surface area contributed by atoms with Gasteiger partial charge in [-0.2, -0.15) is 18.3 Å². The summed E-state index contributed by atoms with van der Waals surface area (Å²) in [5, 5.41) is 3.44. The summed E-state index contributed by atoms with van der Waals surface area (Å²) in [6.45, 7) is 1.72. The molecule has 0 spiro atoms. The maximum atomic E-state index is 12.5. The van der Waals surface area contributed by atoms with Crippen LogP contribution in [-0.2, 0) is 10.9 Å². The lowest BCUT2D eigenvalue weighted by Gasteiger charge is -2.04. The van der Waals surface area contributed by atoms with Crippen molar-refractivity contribution in [1.29, 1.82) is 0 Å². The molecule has 0 atom stereocenters. The van der Waals surface area contributed by atoms with Crippen LogP contribution in [0.25, 0.3) is 0 Å². The van der Waals surface area contributed by atoms with E-state index in [2.05, 4.69) is 5.10 Å². The number of esters is 1. The second kappa shape index (κ2) is 4.05. The van der Waals surface area contributed by atoms with Gasteiger partial charge in [0, 0.05) is 6.07 Å². The first-order valence-corrected chi connectivity index (χ1v) is 5.27. The number of carbonyl (C=O) groups is 1. The van der Waals surface area contributed by atoms with Gasteiger partial charge >= 0.3 is 12.1 Å². The Labute approximate surface area is 95.4 Å². The highest BCUT2D eigenvalue weighted by molar-refractivity contribution is 5.87. The van der Waals surface area contributed by atoms with E-state index in [1.165, 1.54) is 0 Å². The fourth-order valence-electron chi connectivity index (χ4n) is 1.49. The number of hydrogen-bond acceptors (Lipinski definition) is 3. The van der Waals surface area contributed by atoms with Crippen LogP contribution in [0.4, 0.5) is 13.2 Å². The summed E-state index contributed by atoms with van der Waals surface area (Å²) in [7, 11) is 0. The van der Waals surface area contributed by atoms with Crippen molar-refractivity contribution < 1.29 is 22.7 Å². The van der Waals surface area contributed by atoms with E-state index in [4.69, 9.17) is 4.74 Å². The van der Waals surface area contributed by atoms with Gasteiger partial charge in [0.2, 0.25) is 0 Å². The molecule has 7 heteroatoms. The van der Waals surface area contributed by atoms with Crippen LogP contribution < -0.4 is 0 Å². The van der Waals surface area contributed by atoms with Gasteiger partial charge in [0.25, 0.3) is 0 Å². The van der Waals surface area contributed by atoms with Gasteiger partial charge in [0.15, 0.2) is 5.69 Å². The monoisotopic (exact) mass is 248 g/mol. The highest BCUT2D eigenvalue weighted by atomic mass is 19.4. The first-order chi connectivity index (χ1) is 7.93. The lowest BCUT2D eigenvalue weighted by atomic mass is 10.3. The Morgan fingerprint density at radius 1 is 1.59 bits per heavy atom. The highest BCUT2D eigenvalue weighted by Gasteiger charge is 2.38. The molecular weight excluding hydrogens is 237 g/mol. The molecule has 1 saturated carbocycles. The van der Waals surface area contributed by atoms with Crippen molar-refractivity contribution in [2.24, 2.45) is 0 Å². The summed E-state index contributed by atoms with van der Waals surface area (Å²) in [6.07, 6.45) is -3.06. The molecule has 1 aliphatic carbocycles. The van der Waals surface area contributed by atoms with Gasteiger partial charge in [-0.3, -0.25) is 4.68 Å². The Morgan fingerprint density at radius 3 is 2.71 bits per heavy atom. The van der Waals surface area contributed by atoms with Crippen molar-refractivity contribution in [3.8, 4) is 0 Å². The molecule has 0 radical (unpaired) electrons. The van der Waals surface area contributed by atoms with E-state index in [1.54, 1.807) is 6.92 Å². The summed E-state index contributed by atoms with van der Waals surface area (Å²) in [4.78, 5) is 11.5. The van der Waals surface area contributed by atoms with Crippen LogP contribution in [0.3, 0.4) is 0 Å². The Hall–Kier alpha value is -1.53. The Kier molecular flexibility index (Phi) is 2.84. The van der Waals surface area contributed by atoms with Gasteiger partial charge in [-0.1, -0.05) is 0 Å². The molecule has 0 N–H and O–H groups in total. The maximum absolute atomic E-state index is 12.5. The highest BCUT2D eigenvalue weighted by Crippen LogP contribution is 2.38. The number of nitrogens with zero attached hydrogens (tertiary/aromatic N) is 2. The number of rotatable bonds is 3. The number of halogens is 3. The average molecular weight is 248 g/mol. The Morgan fingerprint density at radius 2 is 2.24 bits per heavy atom. The third-order valence-corrected chi connectivity index (χ3v) is 2.40. The minimum Gasteiger partial charge on any atom is -0.461 e. The first-order valence-electron chi connectivity index (χ1n) is 5.27. The predicted octanol–water partition coefficient (Wildman–Crippen LogP) is 2.41. The van der Waals surface area contributed by atoms with Gasteiger partial charge in [0.05, 0.1) is 12.6 Å². The summed E-state index contributed by atoms with van der Waals surface area (Å²) in [6, 6.07) is 0.640. The third kappa shape index (κ3) is 2.42. The van der Waals surface area contributed by atoms with Gasteiger partial charge in [-0.05, 0) is 19.8 Å². The molecule has 94 valence electrons. The van der Waals surface area contributed by atoms with Crippen LogP contribution in [0.2, 0.25) is 0 Å². The molecular formula is C10H11F3N2O2. The molecule has 0 bridgehead atoms. The number of carbonyl (C=O) groups excluding carboxylic acids is 1. The molecule has 0 aromatic carbocycles. The molecule has 0 amide bonds. The topological polar surface area (TPSA) is 44.1 Å². The van der Waals surface area contributed by atoms with Crippen molar-refractivity contribution in [2.75, 3.05) is 6.61 Å². The van der Waals surface area contributed by atoms with Gasteiger partial charge in [-0.15, -0.1) is 0 Å². The molecule has 1 aromatic rings. The van der Waals surface area contributed by atoms with Crippen molar-refractivity contribution >= 4 is 5.97 Å². The second-order valence-corrected chi connectivity index (χ2v) is 3.81.